The standard InChI is InChI=1S/C15H14O2S/c1-10(16-2)11-7-8-13-15(9-11)18-14-6-4-3-5-12(14)17-13/h3-10H,1-2H3. The van der Waals surface area contributed by atoms with E-state index in [4.69, 9.17) is 9.47 Å². The van der Waals surface area contributed by atoms with Crippen LogP contribution in [0.2, 0.25) is 0 Å². The summed E-state index contributed by atoms with van der Waals surface area (Å²) in [6.07, 6.45) is 0.105. The highest BCUT2D eigenvalue weighted by Crippen LogP contribution is 2.47. The maximum atomic E-state index is 5.88. The summed E-state index contributed by atoms with van der Waals surface area (Å²) in [5, 5.41) is 0. The molecule has 1 aliphatic heterocycles. The summed E-state index contributed by atoms with van der Waals surface area (Å²) in [5.41, 5.74) is 1.17. The zero-order valence-electron chi connectivity index (χ0n) is 10.3. The average molecular weight is 258 g/mol. The van der Waals surface area contributed by atoms with E-state index in [0.29, 0.717) is 0 Å². The summed E-state index contributed by atoms with van der Waals surface area (Å²) >= 11 is 1.74. The van der Waals surface area contributed by atoms with E-state index in [1.807, 2.05) is 31.2 Å². The zero-order valence-corrected chi connectivity index (χ0v) is 11.2. The van der Waals surface area contributed by atoms with Gasteiger partial charge in [0.05, 0.1) is 15.9 Å². The van der Waals surface area contributed by atoms with Crippen LogP contribution in [0.3, 0.4) is 0 Å². The highest BCUT2D eigenvalue weighted by molar-refractivity contribution is 7.99. The van der Waals surface area contributed by atoms with Crippen LogP contribution < -0.4 is 4.74 Å². The molecule has 2 aromatic rings. The molecule has 3 rings (SSSR count). The third-order valence-corrected chi connectivity index (χ3v) is 4.18. The van der Waals surface area contributed by atoms with Gasteiger partial charge in [-0.3, -0.25) is 0 Å². The number of hydrogen-bond donors (Lipinski definition) is 0. The number of hydrogen-bond acceptors (Lipinski definition) is 3. The lowest BCUT2D eigenvalue weighted by molar-refractivity contribution is 0.119. The van der Waals surface area contributed by atoms with Crippen molar-refractivity contribution in [2.45, 2.75) is 22.8 Å². The molecule has 18 heavy (non-hydrogen) atoms. The van der Waals surface area contributed by atoms with Crippen LogP contribution in [0.4, 0.5) is 0 Å². The number of benzene rings is 2. The number of para-hydroxylation sites is 1. The second kappa shape index (κ2) is 4.67. The quantitative estimate of drug-likeness (QED) is 0.666. The SMILES string of the molecule is COC(C)c1ccc2c(c1)Sc1ccccc1O2. The van der Waals surface area contributed by atoms with E-state index in [2.05, 4.69) is 18.2 Å². The predicted octanol–water partition coefficient (Wildman–Crippen LogP) is 4.65. The van der Waals surface area contributed by atoms with Crippen LogP contribution in [0.15, 0.2) is 52.3 Å². The monoisotopic (exact) mass is 258 g/mol. The summed E-state index contributed by atoms with van der Waals surface area (Å²) in [6, 6.07) is 14.3. The Bertz CT molecular complexity index is 580. The van der Waals surface area contributed by atoms with Crippen molar-refractivity contribution in [3.63, 3.8) is 0 Å². The van der Waals surface area contributed by atoms with Gasteiger partial charge < -0.3 is 9.47 Å². The van der Waals surface area contributed by atoms with Crippen molar-refractivity contribution in [2.24, 2.45) is 0 Å². The summed E-state index contributed by atoms with van der Waals surface area (Å²) in [5.74, 6) is 1.85. The first-order valence-electron chi connectivity index (χ1n) is 5.89. The Hall–Kier alpha value is -1.45. The van der Waals surface area contributed by atoms with Crippen molar-refractivity contribution in [3.8, 4) is 11.5 Å². The van der Waals surface area contributed by atoms with Gasteiger partial charge in [0.25, 0.3) is 0 Å². The van der Waals surface area contributed by atoms with Gasteiger partial charge in [0.1, 0.15) is 11.5 Å². The summed E-state index contributed by atoms with van der Waals surface area (Å²) in [6.45, 7) is 2.05. The van der Waals surface area contributed by atoms with Gasteiger partial charge in [0.2, 0.25) is 0 Å². The molecule has 0 bridgehead atoms. The summed E-state index contributed by atoms with van der Waals surface area (Å²) < 4.78 is 11.2. The van der Waals surface area contributed by atoms with Crippen LogP contribution in [0.5, 0.6) is 11.5 Å². The van der Waals surface area contributed by atoms with Crippen LogP contribution in [0.25, 0.3) is 0 Å². The lowest BCUT2D eigenvalue weighted by Crippen LogP contribution is -1.99. The van der Waals surface area contributed by atoms with E-state index < -0.39 is 0 Å². The molecule has 0 saturated heterocycles. The Morgan fingerprint density at radius 1 is 1.06 bits per heavy atom. The fraction of sp³-hybridized carbons (Fsp3) is 0.200. The normalized spacial score (nSPS) is 14.3. The Kier molecular flexibility index (Phi) is 3.02. The zero-order chi connectivity index (χ0) is 12.5. The van der Waals surface area contributed by atoms with E-state index in [1.54, 1.807) is 18.9 Å². The molecular weight excluding hydrogens is 244 g/mol. The first-order chi connectivity index (χ1) is 8.78. The van der Waals surface area contributed by atoms with E-state index in [9.17, 15) is 0 Å². The van der Waals surface area contributed by atoms with E-state index >= 15 is 0 Å². The molecule has 0 radical (unpaired) electrons. The summed E-state index contributed by atoms with van der Waals surface area (Å²) in [7, 11) is 1.73. The van der Waals surface area contributed by atoms with E-state index in [-0.39, 0.29) is 6.10 Å². The first-order valence-corrected chi connectivity index (χ1v) is 6.71. The summed E-state index contributed by atoms with van der Waals surface area (Å²) in [4.78, 5) is 2.31. The molecule has 0 aromatic heterocycles. The van der Waals surface area contributed by atoms with Crippen molar-refractivity contribution in [1.29, 1.82) is 0 Å². The van der Waals surface area contributed by atoms with Crippen molar-refractivity contribution >= 4 is 11.8 Å². The van der Waals surface area contributed by atoms with Gasteiger partial charge in [0, 0.05) is 7.11 Å². The smallest absolute Gasteiger partial charge is 0.141 e. The molecule has 92 valence electrons. The molecule has 0 saturated carbocycles. The highest BCUT2D eigenvalue weighted by atomic mass is 32.2. The van der Waals surface area contributed by atoms with Crippen molar-refractivity contribution in [3.05, 3.63) is 48.0 Å². The minimum atomic E-state index is 0.105. The van der Waals surface area contributed by atoms with Gasteiger partial charge in [-0.15, -0.1) is 0 Å². The number of methoxy groups -OCH3 is 1. The van der Waals surface area contributed by atoms with Crippen LogP contribution in [0, 0.1) is 0 Å². The van der Waals surface area contributed by atoms with Crippen LogP contribution in [0.1, 0.15) is 18.6 Å². The maximum Gasteiger partial charge on any atom is 0.141 e. The largest absolute Gasteiger partial charge is 0.455 e. The number of rotatable bonds is 2. The van der Waals surface area contributed by atoms with Crippen LogP contribution in [-0.4, -0.2) is 7.11 Å². The first kappa shape index (κ1) is 11.6. The Morgan fingerprint density at radius 2 is 1.83 bits per heavy atom. The number of ether oxygens (including phenoxy) is 2. The van der Waals surface area contributed by atoms with Gasteiger partial charge in [-0.05, 0) is 36.8 Å². The fourth-order valence-corrected chi connectivity index (χ4v) is 2.93. The molecule has 1 atom stereocenters. The molecule has 0 spiro atoms. The molecule has 2 nitrogen and oxygen atoms in total. The minimum Gasteiger partial charge on any atom is -0.455 e. The molecule has 3 heteroatoms. The highest BCUT2D eigenvalue weighted by Gasteiger charge is 2.18. The molecule has 0 N–H and O–H groups in total. The molecule has 1 unspecified atom stereocenters. The molecule has 2 aromatic carbocycles. The van der Waals surface area contributed by atoms with E-state index in [1.165, 1.54) is 5.56 Å². The van der Waals surface area contributed by atoms with Gasteiger partial charge in [-0.2, -0.15) is 0 Å². The lowest BCUT2D eigenvalue weighted by Gasteiger charge is -2.21. The van der Waals surface area contributed by atoms with Gasteiger partial charge in [-0.25, -0.2) is 0 Å². The van der Waals surface area contributed by atoms with Crippen molar-refractivity contribution in [1.82, 2.24) is 0 Å². The van der Waals surface area contributed by atoms with E-state index in [0.717, 1.165) is 21.3 Å². The van der Waals surface area contributed by atoms with Gasteiger partial charge in [-0.1, -0.05) is 30.0 Å². The molecule has 0 fully saturated rings. The topological polar surface area (TPSA) is 18.5 Å². The molecule has 1 heterocycles. The third kappa shape index (κ3) is 2.00. The Balaban J connectivity index is 1.98. The third-order valence-electron chi connectivity index (χ3n) is 3.08. The molecule has 1 aliphatic rings. The maximum absolute atomic E-state index is 5.88. The van der Waals surface area contributed by atoms with Crippen molar-refractivity contribution < 1.29 is 9.47 Å². The van der Waals surface area contributed by atoms with Gasteiger partial charge in [0.15, 0.2) is 0 Å². The molecule has 0 amide bonds. The van der Waals surface area contributed by atoms with Crippen LogP contribution in [-0.2, 0) is 4.74 Å². The number of fused-ring (bicyclic) bond motifs is 2. The van der Waals surface area contributed by atoms with Gasteiger partial charge >= 0.3 is 0 Å². The van der Waals surface area contributed by atoms with Crippen LogP contribution >= 0.6 is 11.8 Å². The Morgan fingerprint density at radius 3 is 2.67 bits per heavy atom. The Labute approximate surface area is 111 Å². The lowest BCUT2D eigenvalue weighted by atomic mass is 10.1. The van der Waals surface area contributed by atoms with Crippen molar-refractivity contribution in [2.75, 3.05) is 7.11 Å². The fourth-order valence-electron chi connectivity index (χ4n) is 1.93. The molecular formula is C15H14O2S. The predicted molar refractivity (Wildman–Crippen MR) is 72.5 cm³/mol. The average Bonchev–Trinajstić information content (AvgIpc) is 2.43. The molecule has 0 aliphatic carbocycles. The second-order valence-corrected chi connectivity index (χ2v) is 5.32. The second-order valence-electron chi connectivity index (χ2n) is 4.23. The minimum absolute atomic E-state index is 0.105.